The van der Waals surface area contributed by atoms with E-state index in [1.165, 1.54) is 5.56 Å². The van der Waals surface area contributed by atoms with Crippen LogP contribution in [0.2, 0.25) is 0 Å². The van der Waals surface area contributed by atoms with Gasteiger partial charge in [-0.05, 0) is 29.5 Å². The van der Waals surface area contributed by atoms with Gasteiger partial charge in [-0.1, -0.05) is 32.0 Å². The molecule has 0 bridgehead atoms. The molecule has 0 spiro atoms. The van der Waals surface area contributed by atoms with E-state index < -0.39 is 0 Å². The van der Waals surface area contributed by atoms with Gasteiger partial charge < -0.3 is 0 Å². The number of amides is 2. The lowest BCUT2D eigenvalue weighted by molar-refractivity contribution is -0.124. The SMILES string of the molecule is Cc1c(CC(=O)NC=O)cccc1C(C)C. The number of benzene rings is 1. The number of hydrogen-bond acceptors (Lipinski definition) is 2. The number of rotatable bonds is 4. The normalized spacial score (nSPS) is 10.2. The predicted molar refractivity (Wildman–Crippen MR) is 63.2 cm³/mol. The summed E-state index contributed by atoms with van der Waals surface area (Å²) in [6, 6.07) is 5.94. The smallest absolute Gasteiger partial charge is 0.230 e. The van der Waals surface area contributed by atoms with Gasteiger partial charge in [0.25, 0.3) is 0 Å². The molecule has 0 aliphatic carbocycles. The number of nitrogens with one attached hydrogen (secondary N) is 1. The number of hydrogen-bond donors (Lipinski definition) is 1. The fourth-order valence-electron chi connectivity index (χ4n) is 1.81. The van der Waals surface area contributed by atoms with E-state index in [1.807, 2.05) is 19.1 Å². The fourth-order valence-corrected chi connectivity index (χ4v) is 1.81. The second kappa shape index (κ2) is 5.45. The zero-order chi connectivity index (χ0) is 12.1. The molecule has 3 nitrogen and oxygen atoms in total. The Hall–Kier alpha value is -1.64. The van der Waals surface area contributed by atoms with Crippen molar-refractivity contribution < 1.29 is 9.59 Å². The topological polar surface area (TPSA) is 46.2 Å². The molecule has 0 unspecified atom stereocenters. The van der Waals surface area contributed by atoms with Crippen molar-refractivity contribution in [3.8, 4) is 0 Å². The Kier molecular flexibility index (Phi) is 4.23. The predicted octanol–water partition coefficient (Wildman–Crippen LogP) is 1.93. The lowest BCUT2D eigenvalue weighted by Gasteiger charge is -2.13. The van der Waals surface area contributed by atoms with Crippen molar-refractivity contribution in [3.63, 3.8) is 0 Å². The first-order chi connectivity index (χ1) is 7.56. The second-order valence-electron chi connectivity index (χ2n) is 4.15. The molecule has 1 rings (SSSR count). The van der Waals surface area contributed by atoms with E-state index in [0.29, 0.717) is 12.3 Å². The Morgan fingerprint density at radius 3 is 2.69 bits per heavy atom. The second-order valence-corrected chi connectivity index (χ2v) is 4.15. The van der Waals surface area contributed by atoms with Crippen LogP contribution in [0.1, 0.15) is 36.5 Å². The molecule has 1 N–H and O–H groups in total. The van der Waals surface area contributed by atoms with Gasteiger partial charge in [0.15, 0.2) is 0 Å². The maximum absolute atomic E-state index is 11.3. The third-order valence-corrected chi connectivity index (χ3v) is 2.68. The van der Waals surface area contributed by atoms with Crippen molar-refractivity contribution in [1.82, 2.24) is 5.32 Å². The van der Waals surface area contributed by atoms with E-state index in [1.54, 1.807) is 0 Å². The van der Waals surface area contributed by atoms with Crippen LogP contribution < -0.4 is 5.32 Å². The average molecular weight is 219 g/mol. The van der Waals surface area contributed by atoms with Crippen LogP contribution in [0.3, 0.4) is 0 Å². The Balaban J connectivity index is 2.93. The summed E-state index contributed by atoms with van der Waals surface area (Å²) >= 11 is 0. The lowest BCUT2D eigenvalue weighted by atomic mass is 9.93. The zero-order valence-electron chi connectivity index (χ0n) is 9.91. The highest BCUT2D eigenvalue weighted by molar-refractivity contribution is 5.87. The maximum Gasteiger partial charge on any atom is 0.230 e. The lowest BCUT2D eigenvalue weighted by Crippen LogP contribution is -2.23. The van der Waals surface area contributed by atoms with Gasteiger partial charge in [0, 0.05) is 0 Å². The molecular formula is C13H17NO2. The van der Waals surface area contributed by atoms with E-state index >= 15 is 0 Å². The summed E-state index contributed by atoms with van der Waals surface area (Å²) in [5, 5.41) is 2.15. The fraction of sp³-hybridized carbons (Fsp3) is 0.385. The standard InChI is InChI=1S/C13H17NO2/c1-9(2)12-6-4-5-11(10(12)3)7-13(16)14-8-15/h4-6,8-9H,7H2,1-3H3,(H,14,15,16). The molecule has 3 heteroatoms. The van der Waals surface area contributed by atoms with Crippen LogP contribution in [0.25, 0.3) is 0 Å². The molecule has 0 saturated heterocycles. The van der Waals surface area contributed by atoms with Gasteiger partial charge in [0.2, 0.25) is 12.3 Å². The number of carbonyl (C=O) groups excluding carboxylic acids is 2. The third kappa shape index (κ3) is 2.92. The van der Waals surface area contributed by atoms with E-state index in [0.717, 1.165) is 11.1 Å². The Bertz CT molecular complexity index is 397. The maximum atomic E-state index is 11.3. The van der Waals surface area contributed by atoms with Crippen LogP contribution in [0.4, 0.5) is 0 Å². The number of imide groups is 1. The van der Waals surface area contributed by atoms with Crippen molar-refractivity contribution >= 4 is 12.3 Å². The summed E-state index contributed by atoms with van der Waals surface area (Å²) in [6.45, 7) is 6.26. The highest BCUT2D eigenvalue weighted by Crippen LogP contribution is 2.21. The Labute approximate surface area is 95.9 Å². The molecule has 1 aromatic rings. The molecule has 0 atom stereocenters. The summed E-state index contributed by atoms with van der Waals surface area (Å²) in [4.78, 5) is 21.4. The average Bonchev–Trinajstić information content (AvgIpc) is 2.21. The minimum absolute atomic E-state index is 0.255. The van der Waals surface area contributed by atoms with Crippen LogP contribution in [0.15, 0.2) is 18.2 Å². The van der Waals surface area contributed by atoms with Crippen LogP contribution >= 0.6 is 0 Å². The van der Waals surface area contributed by atoms with E-state index in [-0.39, 0.29) is 12.3 Å². The molecule has 16 heavy (non-hydrogen) atoms. The van der Waals surface area contributed by atoms with Gasteiger partial charge in [-0.2, -0.15) is 0 Å². The zero-order valence-corrected chi connectivity index (χ0v) is 9.91. The summed E-state index contributed by atoms with van der Waals surface area (Å²) in [5.74, 6) is 0.174. The quantitative estimate of drug-likeness (QED) is 0.786. The van der Waals surface area contributed by atoms with Crippen molar-refractivity contribution in [2.45, 2.75) is 33.1 Å². The van der Waals surface area contributed by atoms with E-state index in [4.69, 9.17) is 0 Å². The molecule has 0 radical (unpaired) electrons. The molecule has 0 fully saturated rings. The third-order valence-electron chi connectivity index (χ3n) is 2.68. The summed E-state index contributed by atoms with van der Waals surface area (Å²) < 4.78 is 0. The van der Waals surface area contributed by atoms with Crippen molar-refractivity contribution in [3.05, 3.63) is 34.9 Å². The largest absolute Gasteiger partial charge is 0.299 e. The molecule has 0 saturated carbocycles. The molecule has 86 valence electrons. The highest BCUT2D eigenvalue weighted by atomic mass is 16.2. The first-order valence-corrected chi connectivity index (χ1v) is 5.37. The van der Waals surface area contributed by atoms with Crippen molar-refractivity contribution in [1.29, 1.82) is 0 Å². The minimum atomic E-state index is -0.265. The number of carbonyl (C=O) groups is 2. The molecule has 2 amide bonds. The van der Waals surface area contributed by atoms with Gasteiger partial charge in [-0.15, -0.1) is 0 Å². The highest BCUT2D eigenvalue weighted by Gasteiger charge is 2.09. The summed E-state index contributed by atoms with van der Waals surface area (Å²) in [7, 11) is 0. The van der Waals surface area contributed by atoms with Crippen molar-refractivity contribution in [2.75, 3.05) is 0 Å². The van der Waals surface area contributed by atoms with Gasteiger partial charge in [-0.3, -0.25) is 14.9 Å². The molecular weight excluding hydrogens is 202 g/mol. The molecule has 0 heterocycles. The van der Waals surface area contributed by atoms with Crippen LogP contribution in [-0.2, 0) is 16.0 Å². The van der Waals surface area contributed by atoms with Gasteiger partial charge in [-0.25, -0.2) is 0 Å². The molecule has 0 aliphatic heterocycles. The van der Waals surface area contributed by atoms with Gasteiger partial charge in [0.05, 0.1) is 6.42 Å². The first kappa shape index (κ1) is 12.4. The Morgan fingerprint density at radius 1 is 1.44 bits per heavy atom. The Morgan fingerprint density at radius 2 is 2.12 bits per heavy atom. The minimum Gasteiger partial charge on any atom is -0.299 e. The molecule has 0 aliphatic rings. The van der Waals surface area contributed by atoms with E-state index in [2.05, 4.69) is 25.2 Å². The monoisotopic (exact) mass is 219 g/mol. The van der Waals surface area contributed by atoms with Gasteiger partial charge >= 0.3 is 0 Å². The summed E-state index contributed by atoms with van der Waals surface area (Å²) in [6.07, 6.45) is 0.676. The van der Waals surface area contributed by atoms with Crippen molar-refractivity contribution in [2.24, 2.45) is 0 Å². The van der Waals surface area contributed by atoms with Crippen LogP contribution in [0, 0.1) is 6.92 Å². The molecule has 0 aromatic heterocycles. The van der Waals surface area contributed by atoms with Crippen LogP contribution in [0.5, 0.6) is 0 Å². The molecule has 1 aromatic carbocycles. The van der Waals surface area contributed by atoms with Gasteiger partial charge in [0.1, 0.15) is 0 Å². The van der Waals surface area contributed by atoms with E-state index in [9.17, 15) is 9.59 Å². The first-order valence-electron chi connectivity index (χ1n) is 5.37. The van der Waals surface area contributed by atoms with Crippen LogP contribution in [-0.4, -0.2) is 12.3 Å². The summed E-state index contributed by atoms with van der Waals surface area (Å²) in [5.41, 5.74) is 3.36.